The van der Waals surface area contributed by atoms with Crippen LogP contribution in [0.25, 0.3) is 10.2 Å². The van der Waals surface area contributed by atoms with Gasteiger partial charge in [0.25, 0.3) is 0 Å². The Bertz CT molecular complexity index is 1160. The van der Waals surface area contributed by atoms with Crippen LogP contribution in [0.1, 0.15) is 36.5 Å². The second-order valence-corrected chi connectivity index (χ2v) is 10.9. The lowest BCUT2D eigenvalue weighted by Crippen LogP contribution is -2.55. The van der Waals surface area contributed by atoms with E-state index in [0.29, 0.717) is 11.9 Å². The molecule has 1 amide bonds. The molecule has 33 heavy (non-hydrogen) atoms. The number of piperazine rings is 1. The Morgan fingerprint density at radius 2 is 1.79 bits per heavy atom. The van der Waals surface area contributed by atoms with Crippen molar-refractivity contribution >= 4 is 38.3 Å². The SMILES string of the molecule is Cc1cccc(N2CCN(C(=O)C3CCN(c4nc5c(C)cc(C)cc5s4)CC3)C[C@H]2C)c1. The van der Waals surface area contributed by atoms with Crippen molar-refractivity contribution < 1.29 is 4.79 Å². The van der Waals surface area contributed by atoms with Gasteiger partial charge < -0.3 is 14.7 Å². The molecular formula is C27H34N4OS. The predicted molar refractivity (Wildman–Crippen MR) is 139 cm³/mol. The molecule has 6 heteroatoms. The summed E-state index contributed by atoms with van der Waals surface area (Å²) >= 11 is 1.78. The summed E-state index contributed by atoms with van der Waals surface area (Å²) in [5, 5.41) is 1.10. The van der Waals surface area contributed by atoms with E-state index < -0.39 is 0 Å². The number of rotatable bonds is 3. The van der Waals surface area contributed by atoms with Crippen molar-refractivity contribution in [3.63, 3.8) is 0 Å². The molecule has 2 fully saturated rings. The minimum Gasteiger partial charge on any atom is -0.365 e. The van der Waals surface area contributed by atoms with Crippen molar-refractivity contribution in [3.05, 3.63) is 53.1 Å². The smallest absolute Gasteiger partial charge is 0.225 e. The van der Waals surface area contributed by atoms with Crippen LogP contribution in [0, 0.1) is 26.7 Å². The quantitative estimate of drug-likeness (QED) is 0.538. The maximum absolute atomic E-state index is 13.3. The molecule has 1 aromatic heterocycles. The number of aryl methyl sites for hydroxylation is 3. The third kappa shape index (κ3) is 4.45. The Morgan fingerprint density at radius 1 is 1.00 bits per heavy atom. The zero-order valence-corrected chi connectivity index (χ0v) is 21.0. The maximum Gasteiger partial charge on any atom is 0.225 e. The fourth-order valence-corrected chi connectivity index (χ4v) is 6.61. The van der Waals surface area contributed by atoms with Crippen LogP contribution in [0.15, 0.2) is 36.4 Å². The van der Waals surface area contributed by atoms with Gasteiger partial charge in [0.05, 0.1) is 10.2 Å². The van der Waals surface area contributed by atoms with Crippen molar-refractivity contribution in [2.75, 3.05) is 42.5 Å². The minimum absolute atomic E-state index is 0.136. The van der Waals surface area contributed by atoms with Gasteiger partial charge in [-0.2, -0.15) is 0 Å². The van der Waals surface area contributed by atoms with E-state index in [1.807, 2.05) is 0 Å². The lowest BCUT2D eigenvalue weighted by molar-refractivity contribution is -0.137. The molecule has 3 heterocycles. The molecule has 5 rings (SSSR count). The molecule has 2 aromatic carbocycles. The average molecular weight is 463 g/mol. The van der Waals surface area contributed by atoms with Gasteiger partial charge in [0, 0.05) is 50.4 Å². The highest BCUT2D eigenvalue weighted by atomic mass is 32.1. The van der Waals surface area contributed by atoms with Crippen LogP contribution in [-0.4, -0.2) is 54.6 Å². The van der Waals surface area contributed by atoms with E-state index in [9.17, 15) is 4.79 Å². The van der Waals surface area contributed by atoms with Crippen LogP contribution in [-0.2, 0) is 4.79 Å². The van der Waals surface area contributed by atoms with Crippen LogP contribution < -0.4 is 9.80 Å². The Kier molecular flexibility index (Phi) is 6.04. The summed E-state index contributed by atoms with van der Waals surface area (Å²) in [5.41, 5.74) is 6.21. The second kappa shape index (κ2) is 8.98. The average Bonchev–Trinajstić information content (AvgIpc) is 3.23. The number of benzene rings is 2. The van der Waals surface area contributed by atoms with Crippen LogP contribution in [0.4, 0.5) is 10.8 Å². The number of hydrogen-bond acceptors (Lipinski definition) is 5. The van der Waals surface area contributed by atoms with Crippen LogP contribution in [0.2, 0.25) is 0 Å². The zero-order valence-electron chi connectivity index (χ0n) is 20.2. The number of fused-ring (bicyclic) bond motifs is 1. The fourth-order valence-electron chi connectivity index (χ4n) is 5.42. The molecule has 2 aliphatic heterocycles. The first-order valence-electron chi connectivity index (χ1n) is 12.1. The molecule has 5 nitrogen and oxygen atoms in total. The summed E-state index contributed by atoms with van der Waals surface area (Å²) in [6.45, 7) is 13.0. The van der Waals surface area contributed by atoms with Crippen molar-refractivity contribution in [3.8, 4) is 0 Å². The normalized spacial score (nSPS) is 20.0. The largest absolute Gasteiger partial charge is 0.365 e. The molecule has 0 aliphatic carbocycles. The number of nitrogens with zero attached hydrogens (tertiary/aromatic N) is 4. The third-order valence-corrected chi connectivity index (χ3v) is 8.27. The van der Waals surface area contributed by atoms with E-state index in [1.165, 1.54) is 27.1 Å². The molecule has 3 aromatic rings. The Hall–Kier alpha value is -2.60. The topological polar surface area (TPSA) is 39.7 Å². The number of piperidine rings is 1. The molecule has 0 unspecified atom stereocenters. The highest BCUT2D eigenvalue weighted by molar-refractivity contribution is 7.22. The number of carbonyl (C=O) groups excluding carboxylic acids is 1. The minimum atomic E-state index is 0.136. The molecule has 0 N–H and O–H groups in total. The van der Waals surface area contributed by atoms with Crippen LogP contribution in [0.3, 0.4) is 0 Å². The van der Waals surface area contributed by atoms with E-state index in [2.05, 4.69) is 78.8 Å². The highest BCUT2D eigenvalue weighted by Gasteiger charge is 2.33. The molecule has 0 spiro atoms. The number of hydrogen-bond donors (Lipinski definition) is 0. The summed E-state index contributed by atoms with van der Waals surface area (Å²) in [4.78, 5) is 25.2. The standard InChI is InChI=1S/C27H34N4OS/c1-18-6-5-7-23(15-18)31-13-12-30(17-21(31)4)26(32)22-8-10-29(11-9-22)27-28-25-20(3)14-19(2)16-24(25)33-27/h5-7,14-16,21-22H,8-13,17H2,1-4H3/t21-/m1/s1. The van der Waals surface area contributed by atoms with Gasteiger partial charge in [-0.3, -0.25) is 4.79 Å². The van der Waals surface area contributed by atoms with Gasteiger partial charge in [-0.1, -0.05) is 29.5 Å². The first-order valence-corrected chi connectivity index (χ1v) is 13.0. The monoisotopic (exact) mass is 462 g/mol. The molecular weight excluding hydrogens is 428 g/mol. The molecule has 1 atom stereocenters. The molecule has 2 saturated heterocycles. The number of aromatic nitrogens is 1. The molecule has 0 saturated carbocycles. The number of amides is 1. The van der Waals surface area contributed by atoms with Crippen LogP contribution >= 0.6 is 11.3 Å². The molecule has 0 bridgehead atoms. The maximum atomic E-state index is 13.3. The summed E-state index contributed by atoms with van der Waals surface area (Å²) < 4.78 is 1.26. The third-order valence-electron chi connectivity index (χ3n) is 7.21. The Morgan fingerprint density at radius 3 is 2.52 bits per heavy atom. The summed E-state index contributed by atoms with van der Waals surface area (Å²) in [7, 11) is 0. The van der Waals surface area contributed by atoms with Gasteiger partial charge in [-0.15, -0.1) is 0 Å². The van der Waals surface area contributed by atoms with Crippen molar-refractivity contribution in [2.24, 2.45) is 5.92 Å². The van der Waals surface area contributed by atoms with E-state index in [1.54, 1.807) is 11.3 Å². The van der Waals surface area contributed by atoms with E-state index in [4.69, 9.17) is 4.98 Å². The fraction of sp³-hybridized carbons (Fsp3) is 0.481. The Balaban J connectivity index is 1.19. The van der Waals surface area contributed by atoms with Gasteiger partial charge in [-0.05, 0) is 75.4 Å². The van der Waals surface area contributed by atoms with Gasteiger partial charge in [0.2, 0.25) is 5.91 Å². The first-order chi connectivity index (χ1) is 15.9. The number of anilines is 2. The van der Waals surface area contributed by atoms with E-state index in [-0.39, 0.29) is 5.92 Å². The van der Waals surface area contributed by atoms with Crippen molar-refractivity contribution in [1.82, 2.24) is 9.88 Å². The molecule has 0 radical (unpaired) electrons. The van der Waals surface area contributed by atoms with Crippen LogP contribution in [0.5, 0.6) is 0 Å². The lowest BCUT2D eigenvalue weighted by atomic mass is 9.95. The van der Waals surface area contributed by atoms with E-state index in [0.717, 1.165) is 56.2 Å². The van der Waals surface area contributed by atoms with Gasteiger partial charge in [-0.25, -0.2) is 4.98 Å². The van der Waals surface area contributed by atoms with E-state index >= 15 is 0 Å². The van der Waals surface area contributed by atoms with Gasteiger partial charge >= 0.3 is 0 Å². The number of carbonyl (C=O) groups is 1. The Labute approximate surface area is 201 Å². The van der Waals surface area contributed by atoms with Gasteiger partial charge in [0.1, 0.15) is 0 Å². The lowest BCUT2D eigenvalue weighted by Gasteiger charge is -2.43. The number of thiazole rings is 1. The molecule has 174 valence electrons. The zero-order chi connectivity index (χ0) is 23.1. The summed E-state index contributed by atoms with van der Waals surface area (Å²) in [6, 6.07) is 13.5. The summed E-state index contributed by atoms with van der Waals surface area (Å²) in [6.07, 6.45) is 1.83. The highest BCUT2D eigenvalue weighted by Crippen LogP contribution is 2.34. The first kappa shape index (κ1) is 22.2. The molecule has 2 aliphatic rings. The predicted octanol–water partition coefficient (Wildman–Crippen LogP) is 5.18. The summed E-state index contributed by atoms with van der Waals surface area (Å²) in [5.74, 6) is 0.485. The van der Waals surface area contributed by atoms with Crippen molar-refractivity contribution in [2.45, 2.75) is 46.6 Å². The second-order valence-electron chi connectivity index (χ2n) is 9.85. The van der Waals surface area contributed by atoms with Crippen molar-refractivity contribution in [1.29, 1.82) is 0 Å². The van der Waals surface area contributed by atoms with Gasteiger partial charge in [0.15, 0.2) is 5.13 Å².